The Hall–Kier alpha value is -0.450. The topological polar surface area (TPSA) is 12.0 Å². The van der Waals surface area contributed by atoms with Gasteiger partial charge in [-0.25, -0.2) is 0 Å². The Balaban J connectivity index is 2.43. The van der Waals surface area contributed by atoms with Crippen LogP contribution in [0.4, 0.5) is 13.2 Å². The molecule has 1 rings (SSSR count). The fraction of sp³-hybridized carbons (Fsp3) is 0.400. The van der Waals surface area contributed by atoms with Crippen molar-refractivity contribution in [2.75, 3.05) is 6.54 Å². The largest absolute Gasteiger partial charge is 0.390 e. The first-order valence-corrected chi connectivity index (χ1v) is 5.36. The number of hydrogen-bond acceptors (Lipinski definition) is 1. The summed E-state index contributed by atoms with van der Waals surface area (Å²) in [5.41, 5.74) is 0.619. The number of alkyl halides is 3. The van der Waals surface area contributed by atoms with E-state index < -0.39 is 12.6 Å². The van der Waals surface area contributed by atoms with Gasteiger partial charge in [-0.05, 0) is 12.1 Å². The van der Waals surface area contributed by atoms with Crippen LogP contribution in [0.3, 0.4) is 0 Å². The lowest BCUT2D eigenvalue weighted by Crippen LogP contribution is -2.21. The molecule has 16 heavy (non-hydrogen) atoms. The minimum atomic E-state index is -4.14. The molecule has 1 nitrogen and oxygen atoms in total. The maximum absolute atomic E-state index is 11.8. The minimum absolute atomic E-state index is 0.148. The normalized spacial score (nSPS) is 11.8. The van der Waals surface area contributed by atoms with Gasteiger partial charge in [0, 0.05) is 28.7 Å². The summed E-state index contributed by atoms with van der Waals surface area (Å²) in [6.07, 6.45) is -5.01. The molecule has 0 fully saturated rings. The fourth-order valence-electron chi connectivity index (χ4n) is 1.14. The van der Waals surface area contributed by atoms with Gasteiger partial charge in [-0.1, -0.05) is 29.3 Å². The van der Waals surface area contributed by atoms with E-state index in [1.807, 2.05) is 0 Å². The first-order chi connectivity index (χ1) is 7.40. The SMILES string of the molecule is FC(F)(F)CCNCc1c(Cl)cccc1Cl. The smallest absolute Gasteiger partial charge is 0.312 e. The molecule has 0 radical (unpaired) electrons. The van der Waals surface area contributed by atoms with Crippen LogP contribution in [-0.4, -0.2) is 12.7 Å². The Bertz CT molecular complexity index is 332. The van der Waals surface area contributed by atoms with E-state index in [-0.39, 0.29) is 13.1 Å². The highest BCUT2D eigenvalue weighted by Gasteiger charge is 2.25. The van der Waals surface area contributed by atoms with Crippen molar-refractivity contribution in [3.05, 3.63) is 33.8 Å². The van der Waals surface area contributed by atoms with E-state index >= 15 is 0 Å². The predicted octanol–water partition coefficient (Wildman–Crippen LogP) is 4.04. The zero-order valence-electron chi connectivity index (χ0n) is 8.24. The molecule has 1 N–H and O–H groups in total. The van der Waals surface area contributed by atoms with Crippen LogP contribution >= 0.6 is 23.2 Å². The molecule has 90 valence electrons. The lowest BCUT2D eigenvalue weighted by molar-refractivity contribution is -0.133. The molecule has 0 saturated carbocycles. The molecule has 0 heterocycles. The summed E-state index contributed by atoms with van der Waals surface area (Å²) in [7, 11) is 0. The average Bonchev–Trinajstić information content (AvgIpc) is 2.14. The predicted molar refractivity (Wildman–Crippen MR) is 58.8 cm³/mol. The molecule has 0 spiro atoms. The van der Waals surface area contributed by atoms with E-state index in [0.717, 1.165) is 0 Å². The molecule has 0 amide bonds. The van der Waals surface area contributed by atoms with Crippen LogP contribution in [0, 0.1) is 0 Å². The van der Waals surface area contributed by atoms with Crippen LogP contribution < -0.4 is 5.32 Å². The number of nitrogens with one attached hydrogen (secondary N) is 1. The van der Waals surface area contributed by atoms with E-state index in [1.54, 1.807) is 18.2 Å². The standard InChI is InChI=1S/C10H10Cl2F3N/c11-8-2-1-3-9(12)7(8)6-16-5-4-10(13,14)15/h1-3,16H,4-6H2. The van der Waals surface area contributed by atoms with Crippen LogP contribution in [0.5, 0.6) is 0 Å². The van der Waals surface area contributed by atoms with Gasteiger partial charge in [0.2, 0.25) is 0 Å². The highest BCUT2D eigenvalue weighted by atomic mass is 35.5. The molecule has 1 aromatic carbocycles. The molecule has 6 heteroatoms. The summed E-state index contributed by atoms with van der Waals surface area (Å²) < 4.78 is 35.5. The Kier molecular flexibility index (Phi) is 4.89. The lowest BCUT2D eigenvalue weighted by atomic mass is 10.2. The van der Waals surface area contributed by atoms with Gasteiger partial charge in [0.05, 0.1) is 6.42 Å². The van der Waals surface area contributed by atoms with Crippen molar-refractivity contribution in [3.63, 3.8) is 0 Å². The Morgan fingerprint density at radius 2 is 1.69 bits per heavy atom. The third-order valence-electron chi connectivity index (χ3n) is 1.95. The fourth-order valence-corrected chi connectivity index (χ4v) is 1.68. The zero-order valence-corrected chi connectivity index (χ0v) is 9.76. The molecule has 0 atom stereocenters. The van der Waals surface area contributed by atoms with Crippen molar-refractivity contribution in [3.8, 4) is 0 Å². The number of rotatable bonds is 4. The third kappa shape index (κ3) is 4.60. The molecule has 0 aliphatic heterocycles. The molecular weight excluding hydrogens is 262 g/mol. The molecular formula is C10H10Cl2F3N. The van der Waals surface area contributed by atoms with Gasteiger partial charge in [-0.2, -0.15) is 13.2 Å². The summed E-state index contributed by atoms with van der Waals surface area (Å²) in [6, 6.07) is 4.98. The van der Waals surface area contributed by atoms with Gasteiger partial charge >= 0.3 is 6.18 Å². The van der Waals surface area contributed by atoms with Gasteiger partial charge in [-0.15, -0.1) is 0 Å². The van der Waals surface area contributed by atoms with Gasteiger partial charge < -0.3 is 5.32 Å². The van der Waals surface area contributed by atoms with Crippen LogP contribution in [0.1, 0.15) is 12.0 Å². The van der Waals surface area contributed by atoms with E-state index in [0.29, 0.717) is 15.6 Å². The third-order valence-corrected chi connectivity index (χ3v) is 2.66. The highest BCUT2D eigenvalue weighted by Crippen LogP contribution is 2.24. The van der Waals surface area contributed by atoms with E-state index in [2.05, 4.69) is 5.32 Å². The summed E-state index contributed by atoms with van der Waals surface area (Å²) in [5, 5.41) is 3.55. The minimum Gasteiger partial charge on any atom is -0.312 e. The zero-order chi connectivity index (χ0) is 12.2. The lowest BCUT2D eigenvalue weighted by Gasteiger charge is -2.09. The number of halogens is 5. The molecule has 0 aliphatic rings. The molecule has 0 aliphatic carbocycles. The summed E-state index contributed by atoms with van der Waals surface area (Å²) in [5.74, 6) is 0. The van der Waals surface area contributed by atoms with Crippen molar-refractivity contribution in [2.24, 2.45) is 0 Å². The van der Waals surface area contributed by atoms with Crippen LogP contribution in [-0.2, 0) is 6.54 Å². The first-order valence-electron chi connectivity index (χ1n) is 4.60. The summed E-state index contributed by atoms with van der Waals surface area (Å²) in [4.78, 5) is 0. The molecule has 0 aromatic heterocycles. The maximum atomic E-state index is 11.8. The molecule has 0 unspecified atom stereocenters. The van der Waals surface area contributed by atoms with E-state index in [9.17, 15) is 13.2 Å². The van der Waals surface area contributed by atoms with Gasteiger partial charge in [0.1, 0.15) is 0 Å². The van der Waals surface area contributed by atoms with Gasteiger partial charge in [0.25, 0.3) is 0 Å². The summed E-state index contributed by atoms with van der Waals surface area (Å²) in [6.45, 7) is 0.0830. The first kappa shape index (κ1) is 13.6. The van der Waals surface area contributed by atoms with E-state index in [1.165, 1.54) is 0 Å². The van der Waals surface area contributed by atoms with Crippen LogP contribution in [0.15, 0.2) is 18.2 Å². The van der Waals surface area contributed by atoms with Crippen LogP contribution in [0.25, 0.3) is 0 Å². The van der Waals surface area contributed by atoms with Crippen molar-refractivity contribution in [2.45, 2.75) is 19.1 Å². The Labute approximate surface area is 102 Å². The second kappa shape index (κ2) is 5.75. The number of hydrogen-bond donors (Lipinski definition) is 1. The van der Waals surface area contributed by atoms with Crippen molar-refractivity contribution in [1.82, 2.24) is 5.32 Å². The Morgan fingerprint density at radius 3 is 2.19 bits per heavy atom. The van der Waals surface area contributed by atoms with Crippen molar-refractivity contribution < 1.29 is 13.2 Å². The molecule has 0 saturated heterocycles. The monoisotopic (exact) mass is 271 g/mol. The average molecular weight is 272 g/mol. The van der Waals surface area contributed by atoms with Gasteiger partial charge in [0.15, 0.2) is 0 Å². The van der Waals surface area contributed by atoms with Crippen molar-refractivity contribution >= 4 is 23.2 Å². The second-order valence-corrected chi connectivity index (χ2v) is 4.06. The van der Waals surface area contributed by atoms with E-state index in [4.69, 9.17) is 23.2 Å². The van der Waals surface area contributed by atoms with Crippen molar-refractivity contribution in [1.29, 1.82) is 0 Å². The quantitative estimate of drug-likeness (QED) is 0.816. The second-order valence-electron chi connectivity index (χ2n) is 3.24. The number of benzene rings is 1. The molecule has 0 bridgehead atoms. The molecule has 1 aromatic rings. The Morgan fingerprint density at radius 1 is 1.12 bits per heavy atom. The van der Waals surface area contributed by atoms with Gasteiger partial charge in [-0.3, -0.25) is 0 Å². The summed E-state index contributed by atoms with van der Waals surface area (Å²) >= 11 is 11.7. The maximum Gasteiger partial charge on any atom is 0.390 e. The highest BCUT2D eigenvalue weighted by molar-refractivity contribution is 6.35. The van der Waals surface area contributed by atoms with Crippen LogP contribution in [0.2, 0.25) is 10.0 Å².